The van der Waals surface area contributed by atoms with Gasteiger partial charge in [0, 0.05) is 9.79 Å². The van der Waals surface area contributed by atoms with E-state index < -0.39 is 10.8 Å². The average molecular weight is 423 g/mol. The van der Waals surface area contributed by atoms with Gasteiger partial charge in [-0.2, -0.15) is 0 Å². The molecule has 0 saturated carbocycles. The van der Waals surface area contributed by atoms with E-state index in [9.17, 15) is 4.21 Å². The van der Waals surface area contributed by atoms with E-state index in [-0.39, 0.29) is 21.7 Å². The maximum absolute atomic E-state index is 13.7. The molecule has 0 saturated heterocycles. The van der Waals surface area contributed by atoms with E-state index in [4.69, 9.17) is 0 Å². The highest BCUT2D eigenvalue weighted by Gasteiger charge is 2.39. The maximum atomic E-state index is 13.7. The zero-order valence-electron chi connectivity index (χ0n) is 20.1. The third kappa shape index (κ3) is 3.49. The average Bonchev–Trinajstić information content (AvgIpc) is 2.68. The van der Waals surface area contributed by atoms with Gasteiger partial charge in [-0.15, -0.1) is 0 Å². The van der Waals surface area contributed by atoms with Crippen molar-refractivity contribution in [2.75, 3.05) is 0 Å². The van der Waals surface area contributed by atoms with Gasteiger partial charge in [0.2, 0.25) is 0 Å². The van der Waals surface area contributed by atoms with Crippen LogP contribution in [0.4, 0.5) is 0 Å². The van der Waals surface area contributed by atoms with Crippen LogP contribution in [0.15, 0.2) is 46.2 Å². The number of fused-ring (bicyclic) bond motifs is 2. The molecule has 0 atom stereocenters. The first-order valence-corrected chi connectivity index (χ1v) is 12.6. The molecule has 2 heteroatoms. The Morgan fingerprint density at radius 1 is 0.533 bits per heavy atom. The third-order valence-electron chi connectivity index (χ3n) is 8.08. The lowest BCUT2D eigenvalue weighted by Gasteiger charge is -2.42. The summed E-state index contributed by atoms with van der Waals surface area (Å²) in [6, 6.07) is 13.2. The lowest BCUT2D eigenvalue weighted by Crippen LogP contribution is -2.34. The van der Waals surface area contributed by atoms with Crippen molar-refractivity contribution < 1.29 is 4.21 Å². The molecule has 162 valence electrons. The van der Waals surface area contributed by atoms with Crippen molar-refractivity contribution in [3.05, 3.63) is 58.7 Å². The monoisotopic (exact) mass is 422 g/mol. The highest BCUT2D eigenvalue weighted by atomic mass is 32.2. The van der Waals surface area contributed by atoms with Crippen LogP contribution in [0.25, 0.3) is 0 Å². The molecule has 0 bridgehead atoms. The molecule has 0 aromatic heterocycles. The van der Waals surface area contributed by atoms with Gasteiger partial charge in [-0.25, -0.2) is 4.21 Å². The second kappa shape index (κ2) is 6.79. The fourth-order valence-electron chi connectivity index (χ4n) is 5.50. The Balaban J connectivity index is 1.78. The minimum atomic E-state index is -1.16. The molecule has 0 amide bonds. The molecule has 2 aromatic carbocycles. The van der Waals surface area contributed by atoms with Crippen LogP contribution < -0.4 is 0 Å². The summed E-state index contributed by atoms with van der Waals surface area (Å²) in [6.07, 6.45) is 4.74. The number of rotatable bonds is 2. The van der Waals surface area contributed by atoms with E-state index in [0.717, 1.165) is 9.79 Å². The van der Waals surface area contributed by atoms with Crippen LogP contribution in [0.3, 0.4) is 0 Å². The summed E-state index contributed by atoms with van der Waals surface area (Å²) < 4.78 is 13.7. The van der Waals surface area contributed by atoms with E-state index in [2.05, 4.69) is 91.8 Å². The summed E-state index contributed by atoms with van der Waals surface area (Å²) in [7, 11) is -1.16. The maximum Gasteiger partial charge on any atom is 0.0849 e. The summed E-state index contributed by atoms with van der Waals surface area (Å²) in [5, 5.41) is 0. The zero-order chi connectivity index (χ0) is 22.1. The Hall–Kier alpha value is -1.41. The zero-order valence-corrected chi connectivity index (χ0v) is 20.9. The fourth-order valence-corrected chi connectivity index (χ4v) is 6.61. The van der Waals surface area contributed by atoms with Crippen molar-refractivity contribution in [2.24, 2.45) is 0 Å². The van der Waals surface area contributed by atoms with Crippen molar-refractivity contribution >= 4 is 10.8 Å². The van der Waals surface area contributed by atoms with Crippen LogP contribution >= 0.6 is 0 Å². The molecular weight excluding hydrogens is 384 g/mol. The van der Waals surface area contributed by atoms with Gasteiger partial charge in [-0.1, -0.05) is 67.5 Å². The van der Waals surface area contributed by atoms with Gasteiger partial charge < -0.3 is 0 Å². The molecule has 0 unspecified atom stereocenters. The molecule has 1 nitrogen and oxygen atoms in total. The van der Waals surface area contributed by atoms with Crippen molar-refractivity contribution in [1.82, 2.24) is 0 Å². The van der Waals surface area contributed by atoms with Gasteiger partial charge in [0.15, 0.2) is 0 Å². The third-order valence-corrected chi connectivity index (χ3v) is 9.44. The van der Waals surface area contributed by atoms with Crippen molar-refractivity contribution in [1.29, 1.82) is 0 Å². The fraction of sp³-hybridized carbons (Fsp3) is 0.571. The standard InChI is InChI=1S/C28H38OS/c1-25(2)13-15-27(5,6)23-17-19(9-11-21(23)25)30(29)20-10-12-22-24(18-20)28(7,8)16-14-26(22,3)4/h9-12,17-18H,13-16H2,1-8H3. The second-order valence-corrected chi connectivity index (χ2v) is 13.7. The number of benzene rings is 2. The number of hydrogen-bond acceptors (Lipinski definition) is 1. The molecule has 4 rings (SSSR count). The molecule has 2 aromatic rings. The predicted molar refractivity (Wildman–Crippen MR) is 128 cm³/mol. The molecule has 30 heavy (non-hydrogen) atoms. The smallest absolute Gasteiger partial charge is 0.0849 e. The minimum Gasteiger partial charge on any atom is -0.249 e. The predicted octanol–water partition coefficient (Wildman–Crippen LogP) is 7.55. The summed E-state index contributed by atoms with van der Waals surface area (Å²) in [6.45, 7) is 18.7. The molecule has 0 radical (unpaired) electrons. The Labute approximate surface area is 186 Å². The normalized spacial score (nSPS) is 23.0. The largest absolute Gasteiger partial charge is 0.249 e. The quantitative estimate of drug-likeness (QED) is 0.488. The second-order valence-electron chi connectivity index (χ2n) is 12.2. The molecule has 0 aliphatic heterocycles. The molecular formula is C28H38OS. The van der Waals surface area contributed by atoms with Gasteiger partial charge in [0.1, 0.15) is 0 Å². The Morgan fingerprint density at radius 3 is 1.17 bits per heavy atom. The van der Waals surface area contributed by atoms with Gasteiger partial charge in [0.05, 0.1) is 10.8 Å². The van der Waals surface area contributed by atoms with E-state index in [1.165, 1.54) is 47.9 Å². The summed E-state index contributed by atoms with van der Waals surface area (Å²) in [4.78, 5) is 1.87. The molecule has 0 N–H and O–H groups in total. The van der Waals surface area contributed by atoms with Crippen LogP contribution in [0, 0.1) is 0 Å². The van der Waals surface area contributed by atoms with E-state index >= 15 is 0 Å². The van der Waals surface area contributed by atoms with Gasteiger partial charge in [0.25, 0.3) is 0 Å². The lowest BCUT2D eigenvalue weighted by molar-refractivity contribution is 0.331. The van der Waals surface area contributed by atoms with Crippen LogP contribution in [0.2, 0.25) is 0 Å². The first-order chi connectivity index (χ1) is 13.7. The van der Waals surface area contributed by atoms with Crippen molar-refractivity contribution in [3.8, 4) is 0 Å². The van der Waals surface area contributed by atoms with Gasteiger partial charge in [-0.3, -0.25) is 0 Å². The van der Waals surface area contributed by atoms with Crippen LogP contribution in [-0.4, -0.2) is 4.21 Å². The Morgan fingerprint density at radius 2 is 0.833 bits per heavy atom. The van der Waals surface area contributed by atoms with Crippen LogP contribution in [-0.2, 0) is 32.5 Å². The van der Waals surface area contributed by atoms with Gasteiger partial charge >= 0.3 is 0 Å². The molecule has 2 aliphatic rings. The first kappa shape index (κ1) is 21.8. The Bertz CT molecular complexity index is 941. The molecule has 2 aliphatic carbocycles. The molecule has 0 fully saturated rings. The van der Waals surface area contributed by atoms with Crippen LogP contribution in [0.1, 0.15) is 103 Å². The SMILES string of the molecule is CC1(C)CCC(C)(C)c2cc(S(=O)c3ccc4c(c3)C(C)(C)CCC4(C)C)ccc21. The highest BCUT2D eigenvalue weighted by molar-refractivity contribution is 7.85. The molecule has 0 spiro atoms. The van der Waals surface area contributed by atoms with E-state index in [1.807, 2.05) is 0 Å². The van der Waals surface area contributed by atoms with Crippen LogP contribution in [0.5, 0.6) is 0 Å². The van der Waals surface area contributed by atoms with E-state index in [1.54, 1.807) is 0 Å². The first-order valence-electron chi connectivity index (χ1n) is 11.5. The van der Waals surface area contributed by atoms with E-state index in [0.29, 0.717) is 0 Å². The van der Waals surface area contributed by atoms with Gasteiger partial charge in [-0.05, 0) is 93.9 Å². The minimum absolute atomic E-state index is 0.132. The van der Waals surface area contributed by atoms with Crippen molar-refractivity contribution in [3.63, 3.8) is 0 Å². The highest BCUT2D eigenvalue weighted by Crippen LogP contribution is 2.48. The summed E-state index contributed by atoms with van der Waals surface area (Å²) in [5.41, 5.74) is 6.24. The number of hydrogen-bond donors (Lipinski definition) is 0. The Kier molecular flexibility index (Phi) is 4.94. The summed E-state index contributed by atoms with van der Waals surface area (Å²) >= 11 is 0. The van der Waals surface area contributed by atoms with Crippen molar-refractivity contribution in [2.45, 2.75) is 113 Å². The summed E-state index contributed by atoms with van der Waals surface area (Å²) in [5.74, 6) is 0. The lowest BCUT2D eigenvalue weighted by atomic mass is 9.63. The topological polar surface area (TPSA) is 17.1 Å². The molecule has 0 heterocycles.